The molecule has 4 rings (SSSR count). The molecule has 0 saturated heterocycles. The second-order valence-electron chi connectivity index (χ2n) is 6.18. The standard InChI is InChI=1S/C22H17N3O4/c26-20(14-28-22(27)21-18-8-4-5-9-19(18)24-25-21)23-15-10-12-17(13-11-15)29-16-6-2-1-3-7-16/h1-13H,14H2,(H,23,26)(H,24,25). The average Bonchev–Trinajstić information content (AvgIpc) is 3.18. The number of anilines is 1. The number of aromatic nitrogens is 2. The fourth-order valence-electron chi connectivity index (χ4n) is 2.75. The lowest BCUT2D eigenvalue weighted by Gasteiger charge is -2.08. The summed E-state index contributed by atoms with van der Waals surface area (Å²) in [4.78, 5) is 24.3. The number of esters is 1. The van der Waals surface area contributed by atoms with Crippen LogP contribution in [0, 0.1) is 0 Å². The highest BCUT2D eigenvalue weighted by Crippen LogP contribution is 2.22. The van der Waals surface area contributed by atoms with Crippen molar-refractivity contribution in [3.8, 4) is 11.5 Å². The third kappa shape index (κ3) is 4.41. The molecular weight excluding hydrogens is 370 g/mol. The summed E-state index contributed by atoms with van der Waals surface area (Å²) >= 11 is 0. The Labute approximate surface area is 166 Å². The second kappa shape index (κ2) is 8.26. The monoisotopic (exact) mass is 387 g/mol. The van der Waals surface area contributed by atoms with Gasteiger partial charge in [-0.3, -0.25) is 9.89 Å². The molecule has 0 bridgehead atoms. The summed E-state index contributed by atoms with van der Waals surface area (Å²) in [6, 6.07) is 23.5. The van der Waals surface area contributed by atoms with E-state index >= 15 is 0 Å². The number of aromatic amines is 1. The van der Waals surface area contributed by atoms with Crippen LogP contribution in [-0.2, 0) is 9.53 Å². The maximum atomic E-state index is 12.2. The van der Waals surface area contributed by atoms with Crippen molar-refractivity contribution in [1.29, 1.82) is 0 Å². The van der Waals surface area contributed by atoms with Crippen molar-refractivity contribution in [2.24, 2.45) is 0 Å². The summed E-state index contributed by atoms with van der Waals surface area (Å²) in [5.74, 6) is 0.257. The molecule has 0 aliphatic heterocycles. The van der Waals surface area contributed by atoms with Gasteiger partial charge in [0.1, 0.15) is 11.5 Å². The van der Waals surface area contributed by atoms with E-state index in [4.69, 9.17) is 9.47 Å². The van der Waals surface area contributed by atoms with Crippen LogP contribution < -0.4 is 10.1 Å². The summed E-state index contributed by atoms with van der Waals surface area (Å²) < 4.78 is 10.8. The Morgan fingerprint density at radius 2 is 1.55 bits per heavy atom. The Bertz CT molecular complexity index is 1140. The highest BCUT2D eigenvalue weighted by molar-refractivity contribution is 6.03. The van der Waals surface area contributed by atoms with Crippen LogP contribution in [0.25, 0.3) is 10.9 Å². The Morgan fingerprint density at radius 3 is 2.34 bits per heavy atom. The van der Waals surface area contributed by atoms with Gasteiger partial charge < -0.3 is 14.8 Å². The largest absolute Gasteiger partial charge is 0.457 e. The first-order valence-electron chi connectivity index (χ1n) is 8.92. The van der Waals surface area contributed by atoms with Crippen LogP contribution >= 0.6 is 0 Å². The molecule has 7 heteroatoms. The molecular formula is C22H17N3O4. The third-order valence-electron chi connectivity index (χ3n) is 4.12. The lowest BCUT2D eigenvalue weighted by molar-refractivity contribution is -0.119. The number of benzene rings is 3. The van der Waals surface area contributed by atoms with Crippen molar-refractivity contribution in [2.75, 3.05) is 11.9 Å². The molecule has 0 spiro atoms. The molecule has 1 amide bonds. The van der Waals surface area contributed by atoms with Gasteiger partial charge in [0, 0.05) is 11.1 Å². The van der Waals surface area contributed by atoms with Gasteiger partial charge in [-0.15, -0.1) is 0 Å². The predicted octanol–water partition coefficient (Wildman–Crippen LogP) is 4.15. The van der Waals surface area contributed by atoms with Crippen LogP contribution in [0.3, 0.4) is 0 Å². The summed E-state index contributed by atoms with van der Waals surface area (Å²) in [5.41, 5.74) is 1.44. The highest BCUT2D eigenvalue weighted by Gasteiger charge is 2.16. The molecule has 1 aromatic heterocycles. The number of ether oxygens (including phenoxy) is 2. The first-order valence-corrected chi connectivity index (χ1v) is 8.92. The molecule has 3 aromatic carbocycles. The molecule has 0 unspecified atom stereocenters. The summed E-state index contributed by atoms with van der Waals surface area (Å²) in [6.07, 6.45) is 0. The van der Waals surface area contributed by atoms with Gasteiger partial charge >= 0.3 is 5.97 Å². The minimum atomic E-state index is -0.663. The zero-order valence-corrected chi connectivity index (χ0v) is 15.3. The number of H-pyrrole nitrogens is 1. The normalized spacial score (nSPS) is 10.5. The molecule has 1 heterocycles. The topological polar surface area (TPSA) is 93.3 Å². The Morgan fingerprint density at radius 1 is 0.862 bits per heavy atom. The van der Waals surface area contributed by atoms with Gasteiger partial charge in [-0.2, -0.15) is 5.10 Å². The lowest BCUT2D eigenvalue weighted by Crippen LogP contribution is -2.21. The Hall–Kier alpha value is -4.13. The van der Waals surface area contributed by atoms with Gasteiger partial charge in [0.25, 0.3) is 5.91 Å². The van der Waals surface area contributed by atoms with Crippen molar-refractivity contribution in [3.05, 3.63) is 84.6 Å². The van der Waals surface area contributed by atoms with E-state index in [0.717, 1.165) is 11.3 Å². The second-order valence-corrected chi connectivity index (χ2v) is 6.18. The molecule has 7 nitrogen and oxygen atoms in total. The third-order valence-corrected chi connectivity index (χ3v) is 4.12. The zero-order valence-electron chi connectivity index (χ0n) is 15.3. The fourth-order valence-corrected chi connectivity index (χ4v) is 2.75. The summed E-state index contributed by atoms with van der Waals surface area (Å²) in [7, 11) is 0. The number of nitrogens with zero attached hydrogens (tertiary/aromatic N) is 1. The smallest absolute Gasteiger partial charge is 0.359 e. The quantitative estimate of drug-likeness (QED) is 0.485. The minimum absolute atomic E-state index is 0.149. The molecule has 0 atom stereocenters. The molecule has 4 aromatic rings. The number of para-hydroxylation sites is 2. The molecule has 29 heavy (non-hydrogen) atoms. The Balaban J connectivity index is 1.31. The predicted molar refractivity (Wildman–Crippen MR) is 108 cm³/mol. The number of rotatable bonds is 6. The number of hydrogen-bond acceptors (Lipinski definition) is 5. The Kier molecular flexibility index (Phi) is 5.20. The van der Waals surface area contributed by atoms with E-state index in [1.807, 2.05) is 36.4 Å². The lowest BCUT2D eigenvalue weighted by atomic mass is 10.2. The van der Waals surface area contributed by atoms with Gasteiger partial charge in [0.05, 0.1) is 5.52 Å². The number of fused-ring (bicyclic) bond motifs is 1. The van der Waals surface area contributed by atoms with Crippen LogP contribution in [0.1, 0.15) is 10.5 Å². The van der Waals surface area contributed by atoms with E-state index in [2.05, 4.69) is 15.5 Å². The summed E-state index contributed by atoms with van der Waals surface area (Å²) in [5, 5.41) is 10.0. The molecule has 0 aliphatic rings. The zero-order chi connectivity index (χ0) is 20.1. The van der Waals surface area contributed by atoms with Crippen LogP contribution in [0.2, 0.25) is 0 Å². The average molecular weight is 387 g/mol. The van der Waals surface area contributed by atoms with E-state index in [9.17, 15) is 9.59 Å². The molecule has 2 N–H and O–H groups in total. The van der Waals surface area contributed by atoms with Crippen LogP contribution in [-0.4, -0.2) is 28.7 Å². The van der Waals surface area contributed by atoms with Crippen molar-refractivity contribution in [1.82, 2.24) is 10.2 Å². The van der Waals surface area contributed by atoms with Crippen molar-refractivity contribution in [2.45, 2.75) is 0 Å². The van der Waals surface area contributed by atoms with Crippen molar-refractivity contribution >= 4 is 28.5 Å². The van der Waals surface area contributed by atoms with Crippen LogP contribution in [0.15, 0.2) is 78.9 Å². The van der Waals surface area contributed by atoms with Gasteiger partial charge in [0.15, 0.2) is 12.3 Å². The maximum absolute atomic E-state index is 12.2. The number of nitrogens with one attached hydrogen (secondary N) is 2. The number of amides is 1. The van der Waals surface area contributed by atoms with Gasteiger partial charge in [0.2, 0.25) is 0 Å². The van der Waals surface area contributed by atoms with Crippen molar-refractivity contribution in [3.63, 3.8) is 0 Å². The molecule has 0 radical (unpaired) electrons. The molecule has 144 valence electrons. The molecule has 0 aliphatic carbocycles. The maximum Gasteiger partial charge on any atom is 0.359 e. The van der Waals surface area contributed by atoms with E-state index in [1.54, 1.807) is 42.5 Å². The van der Waals surface area contributed by atoms with Gasteiger partial charge in [-0.25, -0.2) is 4.79 Å². The first-order chi connectivity index (χ1) is 14.2. The van der Waals surface area contributed by atoms with E-state index in [1.165, 1.54) is 0 Å². The minimum Gasteiger partial charge on any atom is -0.457 e. The SMILES string of the molecule is O=C(COC(=O)c1n[nH]c2ccccc12)Nc1ccc(Oc2ccccc2)cc1. The first kappa shape index (κ1) is 18.2. The van der Waals surface area contributed by atoms with Crippen LogP contribution in [0.4, 0.5) is 5.69 Å². The van der Waals surface area contributed by atoms with E-state index in [0.29, 0.717) is 16.8 Å². The van der Waals surface area contributed by atoms with Crippen LogP contribution in [0.5, 0.6) is 11.5 Å². The molecule has 0 saturated carbocycles. The highest BCUT2D eigenvalue weighted by atomic mass is 16.5. The fraction of sp³-hybridized carbons (Fsp3) is 0.0455. The number of hydrogen-bond donors (Lipinski definition) is 2. The van der Waals surface area contributed by atoms with Gasteiger partial charge in [-0.05, 0) is 42.5 Å². The van der Waals surface area contributed by atoms with E-state index < -0.39 is 18.5 Å². The van der Waals surface area contributed by atoms with Gasteiger partial charge in [-0.1, -0.05) is 36.4 Å². The number of carbonyl (C=O) groups is 2. The molecule has 0 fully saturated rings. The summed E-state index contributed by atoms with van der Waals surface area (Å²) in [6.45, 7) is -0.414. The van der Waals surface area contributed by atoms with E-state index in [-0.39, 0.29) is 5.69 Å². The number of carbonyl (C=O) groups excluding carboxylic acids is 2. The van der Waals surface area contributed by atoms with Crippen molar-refractivity contribution < 1.29 is 19.1 Å².